The SMILES string of the molecule is CC1(C)O[C@@H]2[C@H](O1)C1=C(CCCC1)[C@@](C)(CO[Si](c1ccccc1)(c1ccccc1)C(C)(C)C)[C@H]2COC(=O)C(C)(C)C. The van der Waals surface area contributed by atoms with Gasteiger partial charge in [-0.25, -0.2) is 0 Å². The van der Waals surface area contributed by atoms with Gasteiger partial charge in [-0.15, -0.1) is 0 Å². The molecule has 2 aromatic rings. The van der Waals surface area contributed by atoms with E-state index in [-0.39, 0.29) is 35.7 Å². The van der Waals surface area contributed by atoms with Crippen LogP contribution in [0, 0.1) is 16.7 Å². The lowest BCUT2D eigenvalue weighted by Crippen LogP contribution is -2.68. The molecule has 1 aliphatic heterocycles. The van der Waals surface area contributed by atoms with Gasteiger partial charge < -0.3 is 18.6 Å². The van der Waals surface area contributed by atoms with Crippen molar-refractivity contribution in [3.8, 4) is 0 Å². The first-order chi connectivity index (χ1) is 20.1. The minimum atomic E-state index is -2.81. The van der Waals surface area contributed by atoms with E-state index in [0.29, 0.717) is 6.61 Å². The van der Waals surface area contributed by atoms with E-state index in [9.17, 15) is 4.79 Å². The molecule has 0 aromatic heterocycles. The Balaban J connectivity index is 1.63. The van der Waals surface area contributed by atoms with Crippen molar-refractivity contribution in [2.24, 2.45) is 16.7 Å². The number of hydrogen-bond acceptors (Lipinski definition) is 5. The molecule has 0 spiro atoms. The van der Waals surface area contributed by atoms with E-state index >= 15 is 0 Å². The molecule has 5 nitrogen and oxygen atoms in total. The maximum atomic E-state index is 13.1. The highest BCUT2D eigenvalue weighted by molar-refractivity contribution is 6.99. The molecule has 0 radical (unpaired) electrons. The molecule has 6 heteroatoms. The van der Waals surface area contributed by atoms with Gasteiger partial charge in [0.25, 0.3) is 8.32 Å². The van der Waals surface area contributed by atoms with Crippen molar-refractivity contribution in [2.75, 3.05) is 13.2 Å². The Hall–Kier alpha value is -2.25. The summed E-state index contributed by atoms with van der Waals surface area (Å²) >= 11 is 0. The summed E-state index contributed by atoms with van der Waals surface area (Å²) in [5.74, 6) is -1.01. The number of carbonyl (C=O) groups is 1. The lowest BCUT2D eigenvalue weighted by Gasteiger charge is -2.52. The fourth-order valence-corrected chi connectivity index (χ4v) is 12.4. The van der Waals surface area contributed by atoms with E-state index in [2.05, 4.69) is 88.4 Å². The quantitative estimate of drug-likeness (QED) is 0.190. The lowest BCUT2D eigenvalue weighted by atomic mass is 9.59. The Bertz CT molecular complexity index is 1280. The standard InChI is InChI=1S/C37H52O5Si/c1-34(2,3)33(38)39-24-30-32-31(41-36(7,8)42-32)28-22-16-17-23-29(28)37(30,9)25-40-43(35(4,5)6,26-18-12-10-13-19-26)27-20-14-11-15-21-27/h10-15,18-21,30-32H,16-17,22-25H2,1-9H3/t30-,31+,32-,37+/m0/s1. The summed E-state index contributed by atoms with van der Waals surface area (Å²) in [7, 11) is -2.81. The van der Waals surface area contributed by atoms with Gasteiger partial charge in [-0.2, -0.15) is 0 Å². The van der Waals surface area contributed by atoms with Gasteiger partial charge in [0.15, 0.2) is 5.79 Å². The summed E-state index contributed by atoms with van der Waals surface area (Å²) in [4.78, 5) is 13.1. The van der Waals surface area contributed by atoms with Crippen molar-refractivity contribution in [3.05, 3.63) is 71.8 Å². The van der Waals surface area contributed by atoms with Crippen LogP contribution in [-0.2, 0) is 23.4 Å². The summed E-state index contributed by atoms with van der Waals surface area (Å²) < 4.78 is 27.1. The molecule has 1 saturated heterocycles. The first kappa shape index (κ1) is 32.1. The molecule has 43 heavy (non-hydrogen) atoms. The minimum Gasteiger partial charge on any atom is -0.465 e. The van der Waals surface area contributed by atoms with Gasteiger partial charge in [-0.3, -0.25) is 4.79 Å². The zero-order chi connectivity index (χ0) is 31.3. The third kappa shape index (κ3) is 5.93. The molecule has 5 rings (SSSR count). The number of rotatable bonds is 7. The average Bonchev–Trinajstić information content (AvgIpc) is 3.28. The molecule has 0 unspecified atom stereocenters. The number of hydrogen-bond donors (Lipinski definition) is 0. The molecule has 2 aromatic carbocycles. The molecule has 0 N–H and O–H groups in total. The zero-order valence-corrected chi connectivity index (χ0v) is 28.8. The van der Waals surface area contributed by atoms with Crippen molar-refractivity contribution in [1.82, 2.24) is 0 Å². The van der Waals surface area contributed by atoms with Crippen LogP contribution in [0.15, 0.2) is 71.8 Å². The Kier molecular flexibility index (Phi) is 8.67. The highest BCUT2D eigenvalue weighted by atomic mass is 28.4. The average molecular weight is 605 g/mol. The van der Waals surface area contributed by atoms with Crippen molar-refractivity contribution in [3.63, 3.8) is 0 Å². The second kappa shape index (κ2) is 11.6. The van der Waals surface area contributed by atoms with Crippen molar-refractivity contribution >= 4 is 24.7 Å². The predicted molar refractivity (Wildman–Crippen MR) is 175 cm³/mol. The summed E-state index contributed by atoms with van der Waals surface area (Å²) in [6.45, 7) is 19.8. The Morgan fingerprint density at radius 1 is 0.860 bits per heavy atom. The van der Waals surface area contributed by atoms with Gasteiger partial charge in [0, 0.05) is 17.9 Å². The summed E-state index contributed by atoms with van der Waals surface area (Å²) in [6, 6.07) is 21.7. The second-order valence-electron chi connectivity index (χ2n) is 15.6. The summed E-state index contributed by atoms with van der Waals surface area (Å²) in [6.07, 6.45) is 3.98. The first-order valence-electron chi connectivity index (χ1n) is 16.1. The van der Waals surface area contributed by atoms with Gasteiger partial charge in [0.05, 0.1) is 18.1 Å². The maximum Gasteiger partial charge on any atom is 0.311 e. The summed E-state index contributed by atoms with van der Waals surface area (Å²) in [5, 5.41) is 2.39. The van der Waals surface area contributed by atoms with E-state index in [1.54, 1.807) is 0 Å². The van der Waals surface area contributed by atoms with Crippen molar-refractivity contribution in [2.45, 2.75) is 111 Å². The molecule has 0 bridgehead atoms. The molecule has 0 amide bonds. The Morgan fingerprint density at radius 3 is 1.95 bits per heavy atom. The van der Waals surface area contributed by atoms with Crippen LogP contribution in [0.5, 0.6) is 0 Å². The van der Waals surface area contributed by atoms with Gasteiger partial charge in [0.2, 0.25) is 0 Å². The van der Waals surface area contributed by atoms with Crippen molar-refractivity contribution in [1.29, 1.82) is 0 Å². The number of esters is 1. The number of ether oxygens (including phenoxy) is 3. The van der Waals surface area contributed by atoms with Gasteiger partial charge in [-0.05, 0) is 81.3 Å². The Labute approximate surface area is 260 Å². The maximum absolute atomic E-state index is 13.1. The van der Waals surface area contributed by atoms with E-state index in [1.165, 1.54) is 21.5 Å². The molecule has 4 atom stereocenters. The number of carbonyl (C=O) groups excluding carboxylic acids is 1. The van der Waals surface area contributed by atoms with Crippen molar-refractivity contribution < 1.29 is 23.4 Å². The molecule has 234 valence electrons. The smallest absolute Gasteiger partial charge is 0.311 e. The molecule has 1 fully saturated rings. The fraction of sp³-hybridized carbons (Fsp3) is 0.595. The van der Waals surface area contributed by atoms with Crippen LogP contribution in [0.4, 0.5) is 0 Å². The lowest BCUT2D eigenvalue weighted by molar-refractivity contribution is -0.166. The van der Waals surface area contributed by atoms with Crippen LogP contribution < -0.4 is 10.4 Å². The normalized spacial score (nSPS) is 27.4. The van der Waals surface area contributed by atoms with Gasteiger partial charge in [0.1, 0.15) is 6.10 Å². The highest BCUT2D eigenvalue weighted by Crippen LogP contribution is 2.56. The third-order valence-electron chi connectivity index (χ3n) is 9.90. The van der Waals surface area contributed by atoms with Crippen LogP contribution >= 0.6 is 0 Å². The van der Waals surface area contributed by atoms with Gasteiger partial charge >= 0.3 is 5.97 Å². The molecular formula is C37H52O5Si. The number of benzene rings is 2. The second-order valence-corrected chi connectivity index (χ2v) is 19.9. The highest BCUT2D eigenvalue weighted by Gasteiger charge is 2.60. The van der Waals surface area contributed by atoms with Crippen LogP contribution in [0.2, 0.25) is 5.04 Å². The summed E-state index contributed by atoms with van der Waals surface area (Å²) in [5.41, 5.74) is 1.83. The molecule has 2 aliphatic carbocycles. The van der Waals surface area contributed by atoms with Crippen LogP contribution in [0.25, 0.3) is 0 Å². The topological polar surface area (TPSA) is 54.0 Å². The van der Waals surface area contributed by atoms with Crippen LogP contribution in [0.1, 0.15) is 88.0 Å². The van der Waals surface area contributed by atoms with E-state index < -0.39 is 24.9 Å². The largest absolute Gasteiger partial charge is 0.465 e. The minimum absolute atomic E-state index is 0.111. The first-order valence-corrected chi connectivity index (χ1v) is 18.0. The zero-order valence-electron chi connectivity index (χ0n) is 27.8. The third-order valence-corrected chi connectivity index (χ3v) is 14.9. The molecular weight excluding hydrogens is 552 g/mol. The Morgan fingerprint density at radius 2 is 1.42 bits per heavy atom. The predicted octanol–water partition coefficient (Wildman–Crippen LogP) is 7.18. The van der Waals surface area contributed by atoms with Crippen LogP contribution in [-0.4, -0.2) is 45.5 Å². The van der Waals surface area contributed by atoms with E-state index in [1.807, 2.05) is 34.6 Å². The van der Waals surface area contributed by atoms with Crippen LogP contribution in [0.3, 0.4) is 0 Å². The van der Waals surface area contributed by atoms with Gasteiger partial charge in [-0.1, -0.05) is 93.9 Å². The molecule has 0 saturated carbocycles. The number of fused-ring (bicyclic) bond motifs is 2. The molecule has 3 aliphatic rings. The fourth-order valence-electron chi connectivity index (χ4n) is 7.71. The molecule has 1 heterocycles. The monoisotopic (exact) mass is 604 g/mol. The van der Waals surface area contributed by atoms with E-state index in [0.717, 1.165) is 25.7 Å². The van der Waals surface area contributed by atoms with E-state index in [4.69, 9.17) is 18.6 Å².